The normalized spacial score (nSPS) is 23.2. The summed E-state index contributed by atoms with van der Waals surface area (Å²) in [6.45, 7) is 3.20. The molecule has 116 valence electrons. The molecule has 6 heteroatoms. The van der Waals surface area contributed by atoms with Crippen molar-refractivity contribution >= 4 is 29.0 Å². The fourth-order valence-electron chi connectivity index (χ4n) is 3.22. The predicted molar refractivity (Wildman–Crippen MR) is 83.7 cm³/mol. The minimum atomic E-state index is -0.0274. The third kappa shape index (κ3) is 3.25. The van der Waals surface area contributed by atoms with Crippen molar-refractivity contribution in [2.45, 2.75) is 57.3 Å². The number of nitrogens with zero attached hydrogens (tertiary/aromatic N) is 2. The summed E-state index contributed by atoms with van der Waals surface area (Å²) in [5, 5.41) is 2.01. The molecule has 0 aromatic carbocycles. The average molecular weight is 329 g/mol. The fraction of sp³-hybridized carbons (Fsp3) is 0.733. The van der Waals surface area contributed by atoms with Gasteiger partial charge in [-0.2, -0.15) is 4.37 Å². The smallest absolute Gasteiger partial charge is 0.237 e. The van der Waals surface area contributed by atoms with Gasteiger partial charge in [-0.3, -0.25) is 4.79 Å². The van der Waals surface area contributed by atoms with Crippen LogP contribution in [0, 0.1) is 6.92 Å². The van der Waals surface area contributed by atoms with Crippen LogP contribution in [0.2, 0.25) is 0 Å². The summed E-state index contributed by atoms with van der Waals surface area (Å²) in [7, 11) is 0. The van der Waals surface area contributed by atoms with Crippen LogP contribution in [-0.4, -0.2) is 39.3 Å². The van der Waals surface area contributed by atoms with Gasteiger partial charge in [0.25, 0.3) is 0 Å². The van der Waals surface area contributed by atoms with E-state index in [2.05, 4.69) is 4.37 Å². The van der Waals surface area contributed by atoms with Gasteiger partial charge in [0.1, 0.15) is 5.88 Å². The van der Waals surface area contributed by atoms with Gasteiger partial charge in [0.15, 0.2) is 0 Å². The zero-order chi connectivity index (χ0) is 14.9. The third-order valence-corrected chi connectivity index (χ3v) is 5.70. The molecule has 1 atom stereocenters. The Hall–Kier alpha value is -0.650. The number of aryl methyl sites for hydroxylation is 1. The molecule has 2 aliphatic rings. The van der Waals surface area contributed by atoms with E-state index in [1.54, 1.807) is 0 Å². The number of halogens is 1. The number of alkyl halides is 1. The van der Waals surface area contributed by atoms with Gasteiger partial charge < -0.3 is 9.64 Å². The van der Waals surface area contributed by atoms with Crippen LogP contribution in [0.4, 0.5) is 0 Å². The SMILES string of the molecule is Cc1nscc1CN(CC1CCC2(CCC2)O1)C(=O)CCl. The zero-order valence-electron chi connectivity index (χ0n) is 12.3. The van der Waals surface area contributed by atoms with Crippen LogP contribution in [0.15, 0.2) is 5.38 Å². The molecule has 1 aliphatic heterocycles. The van der Waals surface area contributed by atoms with Crippen molar-refractivity contribution in [2.75, 3.05) is 12.4 Å². The number of amides is 1. The topological polar surface area (TPSA) is 42.4 Å². The quantitative estimate of drug-likeness (QED) is 0.780. The van der Waals surface area contributed by atoms with E-state index >= 15 is 0 Å². The Bertz CT molecular complexity index is 516. The molecule has 0 bridgehead atoms. The van der Waals surface area contributed by atoms with E-state index in [1.165, 1.54) is 30.8 Å². The lowest BCUT2D eigenvalue weighted by Crippen LogP contribution is -2.41. The molecule has 0 radical (unpaired) electrons. The predicted octanol–water partition coefficient (Wildman–Crippen LogP) is 3.12. The highest BCUT2D eigenvalue weighted by Gasteiger charge is 2.45. The van der Waals surface area contributed by atoms with Gasteiger partial charge in [0, 0.05) is 24.0 Å². The maximum atomic E-state index is 12.1. The summed E-state index contributed by atoms with van der Waals surface area (Å²) >= 11 is 7.19. The molecule has 1 saturated carbocycles. The molecule has 1 spiro atoms. The van der Waals surface area contributed by atoms with E-state index in [0.717, 1.165) is 24.1 Å². The lowest BCUT2D eigenvalue weighted by molar-refractivity contribution is -0.135. The molecule has 1 unspecified atom stereocenters. The summed E-state index contributed by atoms with van der Waals surface area (Å²) < 4.78 is 10.5. The van der Waals surface area contributed by atoms with Crippen molar-refractivity contribution in [1.29, 1.82) is 0 Å². The average Bonchev–Trinajstić information content (AvgIpc) is 3.04. The summed E-state index contributed by atoms with van der Waals surface area (Å²) in [6, 6.07) is 0. The number of carbonyl (C=O) groups is 1. The Kier molecular flexibility index (Phi) is 4.52. The molecule has 3 rings (SSSR count). The number of rotatable bonds is 5. The second-order valence-electron chi connectivity index (χ2n) is 6.15. The van der Waals surface area contributed by atoms with E-state index in [9.17, 15) is 4.79 Å². The molecule has 1 aliphatic carbocycles. The summed E-state index contributed by atoms with van der Waals surface area (Å²) in [5.41, 5.74) is 2.24. The highest BCUT2D eigenvalue weighted by molar-refractivity contribution is 7.03. The molecule has 2 heterocycles. The molecular formula is C15H21ClN2O2S. The maximum Gasteiger partial charge on any atom is 0.237 e. The van der Waals surface area contributed by atoms with E-state index < -0.39 is 0 Å². The van der Waals surface area contributed by atoms with Crippen molar-refractivity contribution in [2.24, 2.45) is 0 Å². The lowest BCUT2D eigenvalue weighted by atomic mass is 9.78. The molecule has 1 saturated heterocycles. The van der Waals surface area contributed by atoms with Crippen molar-refractivity contribution in [3.8, 4) is 0 Å². The van der Waals surface area contributed by atoms with Crippen molar-refractivity contribution in [3.63, 3.8) is 0 Å². The van der Waals surface area contributed by atoms with Crippen molar-refractivity contribution < 1.29 is 9.53 Å². The van der Waals surface area contributed by atoms with Crippen LogP contribution in [-0.2, 0) is 16.1 Å². The summed E-state index contributed by atoms with van der Waals surface area (Å²) in [6.07, 6.45) is 5.98. The van der Waals surface area contributed by atoms with Gasteiger partial charge in [0.05, 0.1) is 17.4 Å². The van der Waals surface area contributed by atoms with Crippen LogP contribution in [0.5, 0.6) is 0 Å². The zero-order valence-corrected chi connectivity index (χ0v) is 13.9. The first-order chi connectivity index (χ1) is 10.1. The first-order valence-electron chi connectivity index (χ1n) is 7.53. The highest BCUT2D eigenvalue weighted by atomic mass is 35.5. The number of hydrogen-bond donors (Lipinski definition) is 0. The van der Waals surface area contributed by atoms with Gasteiger partial charge in [-0.15, -0.1) is 11.6 Å². The Labute approximate surface area is 134 Å². The number of ether oxygens (including phenoxy) is 1. The monoisotopic (exact) mass is 328 g/mol. The molecule has 1 aromatic rings. The van der Waals surface area contributed by atoms with Gasteiger partial charge >= 0.3 is 0 Å². The Morgan fingerprint density at radius 1 is 1.57 bits per heavy atom. The highest BCUT2D eigenvalue weighted by Crippen LogP contribution is 2.45. The Morgan fingerprint density at radius 2 is 2.38 bits per heavy atom. The molecular weight excluding hydrogens is 308 g/mol. The lowest BCUT2D eigenvalue weighted by Gasteiger charge is -2.38. The van der Waals surface area contributed by atoms with Gasteiger partial charge in [-0.1, -0.05) is 0 Å². The molecule has 0 N–H and O–H groups in total. The number of carbonyl (C=O) groups excluding carboxylic acids is 1. The van der Waals surface area contributed by atoms with Gasteiger partial charge in [0.2, 0.25) is 5.91 Å². The maximum absolute atomic E-state index is 12.1. The van der Waals surface area contributed by atoms with E-state index in [1.807, 2.05) is 17.2 Å². The Morgan fingerprint density at radius 3 is 2.90 bits per heavy atom. The molecule has 4 nitrogen and oxygen atoms in total. The van der Waals surface area contributed by atoms with Crippen LogP contribution >= 0.6 is 23.1 Å². The van der Waals surface area contributed by atoms with Gasteiger partial charge in [-0.25, -0.2) is 0 Å². The van der Waals surface area contributed by atoms with Crippen LogP contribution in [0.3, 0.4) is 0 Å². The van der Waals surface area contributed by atoms with Crippen LogP contribution in [0.25, 0.3) is 0 Å². The minimum absolute atomic E-state index is 0.0223. The molecule has 1 amide bonds. The van der Waals surface area contributed by atoms with E-state index in [4.69, 9.17) is 16.3 Å². The van der Waals surface area contributed by atoms with E-state index in [0.29, 0.717) is 13.1 Å². The number of aromatic nitrogens is 1. The van der Waals surface area contributed by atoms with Gasteiger partial charge in [-0.05, 0) is 50.6 Å². The van der Waals surface area contributed by atoms with E-state index in [-0.39, 0.29) is 23.5 Å². The molecule has 1 aromatic heterocycles. The minimum Gasteiger partial charge on any atom is -0.370 e. The summed E-state index contributed by atoms with van der Waals surface area (Å²) in [4.78, 5) is 13.9. The number of hydrogen-bond acceptors (Lipinski definition) is 4. The van der Waals surface area contributed by atoms with Crippen molar-refractivity contribution in [3.05, 3.63) is 16.6 Å². The largest absolute Gasteiger partial charge is 0.370 e. The van der Waals surface area contributed by atoms with Crippen LogP contribution < -0.4 is 0 Å². The second-order valence-corrected chi connectivity index (χ2v) is 7.04. The fourth-order valence-corrected chi connectivity index (χ4v) is 4.09. The standard InChI is InChI=1S/C15H21ClN2O2S/c1-11-12(10-21-17-11)8-18(14(19)7-16)9-13-3-6-15(20-13)4-2-5-15/h10,13H,2-9H2,1H3. The summed E-state index contributed by atoms with van der Waals surface area (Å²) in [5.74, 6) is -0.00509. The van der Waals surface area contributed by atoms with Crippen molar-refractivity contribution in [1.82, 2.24) is 9.27 Å². The first-order valence-corrected chi connectivity index (χ1v) is 8.90. The molecule has 21 heavy (non-hydrogen) atoms. The van der Waals surface area contributed by atoms with Crippen LogP contribution in [0.1, 0.15) is 43.4 Å². The third-order valence-electron chi connectivity index (χ3n) is 4.70. The molecule has 2 fully saturated rings. The second kappa shape index (κ2) is 6.23. The Balaban J connectivity index is 1.63. The first kappa shape index (κ1) is 15.3.